The summed E-state index contributed by atoms with van der Waals surface area (Å²) in [5, 5.41) is 10.5. The van der Waals surface area contributed by atoms with Crippen molar-refractivity contribution in [1.29, 1.82) is 0 Å². The summed E-state index contributed by atoms with van der Waals surface area (Å²) in [4.78, 5) is 0. The Kier molecular flexibility index (Phi) is 5.26. The SMILES string of the molecule is CCC(C)(O)COc1c(CN)cc(Cl)cc1OC. The molecular weight excluding hydrogens is 254 g/mol. The fourth-order valence-electron chi connectivity index (χ4n) is 1.42. The van der Waals surface area contributed by atoms with Crippen molar-refractivity contribution in [3.8, 4) is 11.5 Å². The second-order valence-electron chi connectivity index (χ2n) is 4.44. The zero-order chi connectivity index (χ0) is 13.8. The van der Waals surface area contributed by atoms with Crippen molar-refractivity contribution in [3.63, 3.8) is 0 Å². The highest BCUT2D eigenvalue weighted by molar-refractivity contribution is 6.30. The van der Waals surface area contributed by atoms with Gasteiger partial charge in [-0.25, -0.2) is 0 Å². The van der Waals surface area contributed by atoms with E-state index in [0.29, 0.717) is 29.5 Å². The highest BCUT2D eigenvalue weighted by Crippen LogP contribution is 2.35. The number of hydrogen-bond acceptors (Lipinski definition) is 4. The summed E-state index contributed by atoms with van der Waals surface area (Å²) in [5.41, 5.74) is 5.54. The minimum absolute atomic E-state index is 0.175. The Morgan fingerprint density at radius 2 is 2.11 bits per heavy atom. The molecule has 4 nitrogen and oxygen atoms in total. The van der Waals surface area contributed by atoms with Gasteiger partial charge < -0.3 is 20.3 Å². The number of aliphatic hydroxyl groups is 1. The molecule has 0 saturated heterocycles. The first-order valence-electron chi connectivity index (χ1n) is 5.85. The maximum atomic E-state index is 9.94. The van der Waals surface area contributed by atoms with Gasteiger partial charge in [0.1, 0.15) is 6.61 Å². The summed E-state index contributed by atoms with van der Waals surface area (Å²) in [6, 6.07) is 3.40. The van der Waals surface area contributed by atoms with Crippen LogP contribution >= 0.6 is 11.6 Å². The Hall–Kier alpha value is -0.970. The number of methoxy groups -OCH3 is 1. The highest BCUT2D eigenvalue weighted by Gasteiger charge is 2.21. The number of rotatable bonds is 6. The van der Waals surface area contributed by atoms with Gasteiger partial charge >= 0.3 is 0 Å². The molecule has 0 bridgehead atoms. The van der Waals surface area contributed by atoms with Gasteiger partial charge in [0.2, 0.25) is 0 Å². The number of ether oxygens (including phenoxy) is 2. The fourth-order valence-corrected chi connectivity index (χ4v) is 1.65. The summed E-state index contributed by atoms with van der Waals surface area (Å²) in [6.07, 6.45) is 0.598. The van der Waals surface area contributed by atoms with Crippen LogP contribution in [-0.4, -0.2) is 24.4 Å². The molecule has 1 unspecified atom stereocenters. The topological polar surface area (TPSA) is 64.7 Å². The third kappa shape index (κ3) is 3.77. The molecule has 1 aromatic carbocycles. The van der Waals surface area contributed by atoms with Gasteiger partial charge in [-0.15, -0.1) is 0 Å². The molecule has 0 aliphatic carbocycles. The van der Waals surface area contributed by atoms with Crippen LogP contribution in [0.3, 0.4) is 0 Å². The van der Waals surface area contributed by atoms with Crippen LogP contribution in [0.2, 0.25) is 5.02 Å². The van der Waals surface area contributed by atoms with Crippen molar-refractivity contribution in [2.45, 2.75) is 32.4 Å². The van der Waals surface area contributed by atoms with E-state index in [4.69, 9.17) is 26.8 Å². The van der Waals surface area contributed by atoms with Crippen LogP contribution in [0.25, 0.3) is 0 Å². The van der Waals surface area contributed by atoms with Gasteiger partial charge in [-0.05, 0) is 19.4 Å². The molecule has 0 fully saturated rings. The third-order valence-electron chi connectivity index (χ3n) is 2.83. The van der Waals surface area contributed by atoms with Crippen LogP contribution in [-0.2, 0) is 6.54 Å². The number of benzene rings is 1. The largest absolute Gasteiger partial charge is 0.493 e. The number of hydrogen-bond donors (Lipinski definition) is 2. The minimum Gasteiger partial charge on any atom is -0.493 e. The van der Waals surface area contributed by atoms with E-state index < -0.39 is 5.60 Å². The van der Waals surface area contributed by atoms with E-state index in [2.05, 4.69) is 0 Å². The van der Waals surface area contributed by atoms with E-state index in [1.807, 2.05) is 6.92 Å². The van der Waals surface area contributed by atoms with Crippen molar-refractivity contribution in [2.24, 2.45) is 5.73 Å². The van der Waals surface area contributed by atoms with Gasteiger partial charge in [0.25, 0.3) is 0 Å². The van der Waals surface area contributed by atoms with Gasteiger partial charge in [0, 0.05) is 23.2 Å². The Bertz CT molecular complexity index is 382. The molecular formula is C13H20ClNO3. The van der Waals surface area contributed by atoms with Crippen LogP contribution in [0.5, 0.6) is 11.5 Å². The van der Waals surface area contributed by atoms with E-state index in [0.717, 1.165) is 5.56 Å². The zero-order valence-corrected chi connectivity index (χ0v) is 11.8. The molecule has 1 atom stereocenters. The van der Waals surface area contributed by atoms with Crippen molar-refractivity contribution >= 4 is 11.6 Å². The standard InChI is InChI=1S/C13H20ClNO3/c1-4-13(2,16)8-18-12-9(7-15)5-10(14)6-11(12)17-3/h5-6,16H,4,7-8,15H2,1-3H3. The predicted octanol–water partition coefficient (Wildman–Crippen LogP) is 2.35. The molecule has 0 aromatic heterocycles. The molecule has 102 valence electrons. The maximum Gasteiger partial charge on any atom is 0.165 e. The van der Waals surface area contributed by atoms with E-state index in [9.17, 15) is 5.11 Å². The quantitative estimate of drug-likeness (QED) is 0.835. The lowest BCUT2D eigenvalue weighted by Gasteiger charge is -2.23. The van der Waals surface area contributed by atoms with Crippen molar-refractivity contribution < 1.29 is 14.6 Å². The van der Waals surface area contributed by atoms with Crippen molar-refractivity contribution in [3.05, 3.63) is 22.7 Å². The Morgan fingerprint density at radius 1 is 1.44 bits per heavy atom. The molecule has 0 saturated carbocycles. The highest BCUT2D eigenvalue weighted by atomic mass is 35.5. The van der Waals surface area contributed by atoms with Crippen molar-refractivity contribution in [1.82, 2.24) is 0 Å². The van der Waals surface area contributed by atoms with Gasteiger partial charge in [-0.2, -0.15) is 0 Å². The Morgan fingerprint density at radius 3 is 2.61 bits per heavy atom. The summed E-state index contributed by atoms with van der Waals surface area (Å²) >= 11 is 5.96. The van der Waals surface area contributed by atoms with Crippen LogP contribution < -0.4 is 15.2 Å². The predicted molar refractivity (Wildman–Crippen MR) is 72.3 cm³/mol. The first-order chi connectivity index (χ1) is 8.43. The number of halogens is 1. The molecule has 0 aliphatic heterocycles. The summed E-state index contributed by atoms with van der Waals surface area (Å²) < 4.78 is 10.9. The van der Waals surface area contributed by atoms with Gasteiger partial charge in [-0.3, -0.25) is 0 Å². The molecule has 0 spiro atoms. The molecule has 0 heterocycles. The van der Waals surface area contributed by atoms with Gasteiger partial charge in [0.05, 0.1) is 12.7 Å². The monoisotopic (exact) mass is 273 g/mol. The van der Waals surface area contributed by atoms with Crippen LogP contribution in [0.1, 0.15) is 25.8 Å². The van der Waals surface area contributed by atoms with Crippen molar-refractivity contribution in [2.75, 3.05) is 13.7 Å². The summed E-state index contributed by atoms with van der Waals surface area (Å²) in [5.74, 6) is 1.06. The van der Waals surface area contributed by atoms with Crippen LogP contribution in [0.4, 0.5) is 0 Å². The van der Waals surface area contributed by atoms with Crippen LogP contribution in [0, 0.1) is 0 Å². The molecule has 0 amide bonds. The molecule has 18 heavy (non-hydrogen) atoms. The maximum absolute atomic E-state index is 9.94. The normalized spacial score (nSPS) is 14.1. The first kappa shape index (κ1) is 15.1. The molecule has 0 radical (unpaired) electrons. The first-order valence-corrected chi connectivity index (χ1v) is 6.23. The minimum atomic E-state index is -0.878. The molecule has 5 heteroatoms. The van der Waals surface area contributed by atoms with E-state index >= 15 is 0 Å². The van der Waals surface area contributed by atoms with E-state index in [-0.39, 0.29) is 6.61 Å². The summed E-state index contributed by atoms with van der Waals surface area (Å²) in [6.45, 7) is 4.08. The molecule has 1 aromatic rings. The lowest BCUT2D eigenvalue weighted by Crippen LogP contribution is -2.31. The number of nitrogens with two attached hydrogens (primary N) is 1. The van der Waals surface area contributed by atoms with E-state index in [1.165, 1.54) is 7.11 Å². The lowest BCUT2D eigenvalue weighted by molar-refractivity contribution is 0.00746. The smallest absolute Gasteiger partial charge is 0.165 e. The Balaban J connectivity index is 2.99. The second-order valence-corrected chi connectivity index (χ2v) is 4.88. The van der Waals surface area contributed by atoms with E-state index in [1.54, 1.807) is 19.1 Å². The van der Waals surface area contributed by atoms with Gasteiger partial charge in [-0.1, -0.05) is 18.5 Å². The lowest BCUT2D eigenvalue weighted by atomic mass is 10.1. The Labute approximate surface area is 113 Å². The average Bonchev–Trinajstić information content (AvgIpc) is 2.36. The van der Waals surface area contributed by atoms with Gasteiger partial charge in [0.15, 0.2) is 11.5 Å². The third-order valence-corrected chi connectivity index (χ3v) is 3.04. The second kappa shape index (κ2) is 6.27. The summed E-state index contributed by atoms with van der Waals surface area (Å²) in [7, 11) is 1.54. The molecule has 1 rings (SSSR count). The van der Waals surface area contributed by atoms with Crippen LogP contribution in [0.15, 0.2) is 12.1 Å². The zero-order valence-electron chi connectivity index (χ0n) is 11.0. The fraction of sp³-hybridized carbons (Fsp3) is 0.538. The molecule has 0 aliphatic rings. The molecule has 3 N–H and O–H groups in total. The average molecular weight is 274 g/mol.